The van der Waals surface area contributed by atoms with Gasteiger partial charge in [0.05, 0.1) is 10.5 Å². The first-order valence-electron chi connectivity index (χ1n) is 9.51. The van der Waals surface area contributed by atoms with Crippen molar-refractivity contribution in [1.29, 1.82) is 0 Å². The molecule has 0 spiro atoms. The number of carbonyl (C=O) groups is 2. The molecule has 0 saturated carbocycles. The second-order valence-corrected chi connectivity index (χ2v) is 8.82. The highest BCUT2D eigenvalue weighted by atomic mass is 32.2. The molecule has 1 atom stereocenters. The third-order valence-electron chi connectivity index (χ3n) is 4.76. The molecule has 0 bridgehead atoms. The Balaban J connectivity index is 1.56. The van der Waals surface area contributed by atoms with E-state index in [0.717, 1.165) is 18.4 Å². The number of ether oxygens (including phenoxy) is 1. The summed E-state index contributed by atoms with van der Waals surface area (Å²) in [6.07, 6.45) is 0.737. The first kappa shape index (κ1) is 21.0. The van der Waals surface area contributed by atoms with Crippen molar-refractivity contribution in [2.24, 2.45) is 0 Å². The first-order chi connectivity index (χ1) is 13.9. The molecule has 1 aliphatic rings. The van der Waals surface area contributed by atoms with E-state index in [-0.39, 0.29) is 10.5 Å². The van der Waals surface area contributed by atoms with Crippen LogP contribution in [0.5, 0.6) is 0 Å². The van der Waals surface area contributed by atoms with Gasteiger partial charge in [0.25, 0.3) is 5.91 Å². The molecule has 2 aromatic carbocycles. The van der Waals surface area contributed by atoms with Crippen LogP contribution in [0.1, 0.15) is 35.7 Å². The number of sulfonamides is 1. The van der Waals surface area contributed by atoms with Crippen LogP contribution in [-0.4, -0.2) is 43.8 Å². The van der Waals surface area contributed by atoms with Gasteiger partial charge in [-0.1, -0.05) is 30.3 Å². The fourth-order valence-electron chi connectivity index (χ4n) is 3.05. The molecule has 2 aromatic rings. The summed E-state index contributed by atoms with van der Waals surface area (Å²) in [5.41, 5.74) is 1.13. The molecule has 1 saturated heterocycles. The Kier molecular flexibility index (Phi) is 6.66. The molecule has 0 aromatic heterocycles. The van der Waals surface area contributed by atoms with Gasteiger partial charge < -0.3 is 10.1 Å². The number of benzene rings is 2. The Labute approximate surface area is 170 Å². The maximum Gasteiger partial charge on any atom is 0.338 e. The van der Waals surface area contributed by atoms with Gasteiger partial charge in [-0.25, -0.2) is 13.2 Å². The van der Waals surface area contributed by atoms with Gasteiger partial charge in [0, 0.05) is 19.6 Å². The van der Waals surface area contributed by atoms with Crippen molar-refractivity contribution in [3.8, 4) is 0 Å². The minimum atomic E-state index is -3.53. The van der Waals surface area contributed by atoms with Gasteiger partial charge in [-0.3, -0.25) is 4.79 Å². The van der Waals surface area contributed by atoms with Crippen molar-refractivity contribution >= 4 is 21.9 Å². The second kappa shape index (κ2) is 9.19. The SMILES string of the molecule is C[C@@H](OC(=O)c1ccc(S(=O)(=O)N2CCCC2)cc1)C(=O)NCc1ccccc1. The van der Waals surface area contributed by atoms with Gasteiger partial charge in [-0.15, -0.1) is 0 Å². The lowest BCUT2D eigenvalue weighted by molar-refractivity contribution is -0.129. The number of amides is 1. The van der Waals surface area contributed by atoms with E-state index in [4.69, 9.17) is 4.74 Å². The zero-order chi connectivity index (χ0) is 20.9. The average molecular weight is 416 g/mol. The van der Waals surface area contributed by atoms with Gasteiger partial charge >= 0.3 is 5.97 Å². The van der Waals surface area contributed by atoms with E-state index in [9.17, 15) is 18.0 Å². The van der Waals surface area contributed by atoms with Crippen molar-refractivity contribution < 1.29 is 22.7 Å². The number of nitrogens with one attached hydrogen (secondary N) is 1. The maximum absolute atomic E-state index is 12.5. The standard InChI is InChI=1S/C21H24N2O5S/c1-16(20(24)22-15-17-7-3-2-4-8-17)28-21(25)18-9-11-19(12-10-18)29(26,27)23-13-5-6-14-23/h2-4,7-12,16H,5-6,13-15H2,1H3,(H,22,24)/t16-/m1/s1. The Morgan fingerprint density at radius 1 is 1.03 bits per heavy atom. The number of esters is 1. The summed E-state index contributed by atoms with van der Waals surface area (Å²) in [5.74, 6) is -1.09. The van der Waals surface area contributed by atoms with Crippen LogP contribution in [0.25, 0.3) is 0 Å². The van der Waals surface area contributed by atoms with Gasteiger partial charge in [-0.2, -0.15) is 4.31 Å². The summed E-state index contributed by atoms with van der Waals surface area (Å²) in [5, 5.41) is 2.71. The van der Waals surface area contributed by atoms with Crippen molar-refractivity contribution in [2.75, 3.05) is 13.1 Å². The number of hydrogen-bond acceptors (Lipinski definition) is 5. The minimum Gasteiger partial charge on any atom is -0.449 e. The highest BCUT2D eigenvalue weighted by Crippen LogP contribution is 2.21. The van der Waals surface area contributed by atoms with Crippen molar-refractivity contribution in [3.63, 3.8) is 0 Å². The molecule has 154 valence electrons. The molecule has 3 rings (SSSR count). The van der Waals surface area contributed by atoms with Gasteiger partial charge in [0.2, 0.25) is 10.0 Å². The lowest BCUT2D eigenvalue weighted by Gasteiger charge is -2.16. The van der Waals surface area contributed by atoms with E-state index in [1.807, 2.05) is 30.3 Å². The van der Waals surface area contributed by atoms with Crippen LogP contribution in [0.4, 0.5) is 0 Å². The van der Waals surface area contributed by atoms with Gasteiger partial charge in [0.15, 0.2) is 6.10 Å². The predicted molar refractivity (Wildman–Crippen MR) is 108 cm³/mol. The number of carbonyl (C=O) groups excluding carboxylic acids is 2. The Morgan fingerprint density at radius 2 is 1.66 bits per heavy atom. The number of hydrogen-bond donors (Lipinski definition) is 1. The second-order valence-electron chi connectivity index (χ2n) is 6.89. The molecule has 0 unspecified atom stereocenters. The van der Waals surface area contributed by atoms with Crippen LogP contribution < -0.4 is 5.32 Å². The van der Waals surface area contributed by atoms with Gasteiger partial charge in [0.1, 0.15) is 0 Å². The Bertz CT molecular complexity index is 952. The molecule has 0 radical (unpaired) electrons. The quantitative estimate of drug-likeness (QED) is 0.700. The lowest BCUT2D eigenvalue weighted by atomic mass is 10.2. The van der Waals surface area contributed by atoms with Crippen LogP contribution in [0.2, 0.25) is 0 Å². The Morgan fingerprint density at radius 3 is 2.28 bits per heavy atom. The summed E-state index contributed by atoms with van der Waals surface area (Å²) in [7, 11) is -3.53. The molecule has 7 nitrogen and oxygen atoms in total. The third kappa shape index (κ3) is 5.21. The van der Waals surface area contributed by atoms with Crippen molar-refractivity contribution in [1.82, 2.24) is 9.62 Å². The summed E-state index contributed by atoms with van der Waals surface area (Å²) < 4.78 is 31.7. The fraction of sp³-hybridized carbons (Fsp3) is 0.333. The van der Waals surface area contributed by atoms with E-state index in [1.165, 1.54) is 35.5 Å². The highest BCUT2D eigenvalue weighted by molar-refractivity contribution is 7.89. The fourth-order valence-corrected chi connectivity index (χ4v) is 4.57. The summed E-state index contributed by atoms with van der Waals surface area (Å²) >= 11 is 0. The van der Waals surface area contributed by atoms with E-state index in [2.05, 4.69) is 5.32 Å². The van der Waals surface area contributed by atoms with Crippen LogP contribution in [-0.2, 0) is 26.1 Å². The maximum atomic E-state index is 12.5. The third-order valence-corrected chi connectivity index (χ3v) is 6.67. The summed E-state index contributed by atoms with van der Waals surface area (Å²) in [4.78, 5) is 24.6. The van der Waals surface area contributed by atoms with Crippen LogP contribution in [0.15, 0.2) is 59.5 Å². The smallest absolute Gasteiger partial charge is 0.338 e. The van der Waals surface area contributed by atoms with Crippen LogP contribution in [0, 0.1) is 0 Å². The normalized spacial score (nSPS) is 15.6. The van der Waals surface area contributed by atoms with Gasteiger partial charge in [-0.05, 0) is 49.6 Å². The molecule has 1 aliphatic heterocycles. The predicted octanol–water partition coefficient (Wildman–Crippen LogP) is 2.33. The highest BCUT2D eigenvalue weighted by Gasteiger charge is 2.27. The molecule has 0 aliphatic carbocycles. The molecule has 8 heteroatoms. The zero-order valence-corrected chi connectivity index (χ0v) is 17.0. The largest absolute Gasteiger partial charge is 0.449 e. The number of rotatable bonds is 7. The average Bonchev–Trinajstić information content (AvgIpc) is 3.28. The topological polar surface area (TPSA) is 92.8 Å². The molecule has 1 amide bonds. The van der Waals surface area contributed by atoms with E-state index in [1.54, 1.807) is 0 Å². The monoisotopic (exact) mass is 416 g/mol. The molecular weight excluding hydrogens is 392 g/mol. The Hall–Kier alpha value is -2.71. The minimum absolute atomic E-state index is 0.143. The summed E-state index contributed by atoms with van der Waals surface area (Å²) in [6.45, 7) is 2.86. The van der Waals surface area contributed by atoms with Crippen molar-refractivity contribution in [3.05, 3.63) is 65.7 Å². The zero-order valence-electron chi connectivity index (χ0n) is 16.2. The van der Waals surface area contributed by atoms with Crippen molar-refractivity contribution in [2.45, 2.75) is 37.3 Å². The van der Waals surface area contributed by atoms with Crippen LogP contribution in [0.3, 0.4) is 0 Å². The molecule has 29 heavy (non-hydrogen) atoms. The molecule has 1 heterocycles. The lowest BCUT2D eigenvalue weighted by Crippen LogP contribution is -2.35. The van der Waals surface area contributed by atoms with E-state index < -0.39 is 28.0 Å². The van der Waals surface area contributed by atoms with E-state index in [0.29, 0.717) is 19.6 Å². The molecule has 1 N–H and O–H groups in total. The van der Waals surface area contributed by atoms with E-state index >= 15 is 0 Å². The molecule has 1 fully saturated rings. The summed E-state index contributed by atoms with van der Waals surface area (Å²) in [6, 6.07) is 15.0. The number of nitrogens with zero attached hydrogens (tertiary/aromatic N) is 1. The molecular formula is C21H24N2O5S. The first-order valence-corrected chi connectivity index (χ1v) is 10.9. The van der Waals surface area contributed by atoms with Crippen LogP contribution >= 0.6 is 0 Å².